The minimum absolute atomic E-state index is 0.547. The van der Waals surface area contributed by atoms with Gasteiger partial charge in [-0.15, -0.1) is 0 Å². The van der Waals surface area contributed by atoms with Crippen LogP contribution in [0.25, 0.3) is 0 Å². The second-order valence-electron chi connectivity index (χ2n) is 6.64. The maximum atomic E-state index is 12.0. The first kappa shape index (κ1) is 16.3. The first-order valence-electron chi connectivity index (χ1n) is 7.24. The maximum absolute atomic E-state index is 12.0. The third-order valence-corrected chi connectivity index (χ3v) is 3.75. The largest absolute Gasteiger partial charge is 0.480 e. The summed E-state index contributed by atoms with van der Waals surface area (Å²) in [7, 11) is 0. The summed E-state index contributed by atoms with van der Waals surface area (Å²) < 4.78 is 5.24. The molecule has 0 heterocycles. The zero-order valence-electron chi connectivity index (χ0n) is 13.1. The molecule has 2 rings (SSSR count). The van der Waals surface area contributed by atoms with Gasteiger partial charge in [0.05, 0.1) is 0 Å². The average molecular weight is 306 g/mol. The Hall–Kier alpha value is -2.08. The van der Waals surface area contributed by atoms with Crippen LogP contribution in [0.5, 0.6) is 0 Å². The minimum Gasteiger partial charge on any atom is -0.480 e. The molecule has 1 fully saturated rings. The number of para-hydroxylation sites is 1. The standard InChI is InChI=1S/C16H22N2O4/c1-15(2,3)22-14(21)18-11-7-5-4-6-10(11)16(8-9-16)12(17)13(19)20/h4-7,12H,8-9,17H2,1-3H3,(H,18,21)(H,19,20). The zero-order chi connectivity index (χ0) is 16.5. The molecule has 1 amide bonds. The van der Waals surface area contributed by atoms with E-state index in [1.54, 1.807) is 32.9 Å². The van der Waals surface area contributed by atoms with Gasteiger partial charge in [-0.2, -0.15) is 0 Å². The van der Waals surface area contributed by atoms with Crippen LogP contribution >= 0.6 is 0 Å². The van der Waals surface area contributed by atoms with Crippen molar-refractivity contribution in [1.82, 2.24) is 0 Å². The molecule has 1 aliphatic carbocycles. The summed E-state index contributed by atoms with van der Waals surface area (Å²) >= 11 is 0. The Morgan fingerprint density at radius 2 is 1.91 bits per heavy atom. The molecular weight excluding hydrogens is 284 g/mol. The summed E-state index contributed by atoms with van der Waals surface area (Å²) in [6, 6.07) is 6.13. The number of ether oxygens (including phenoxy) is 1. The number of carboxylic acids is 1. The second kappa shape index (κ2) is 5.61. The van der Waals surface area contributed by atoms with Gasteiger partial charge < -0.3 is 15.6 Å². The Kier molecular flexibility index (Phi) is 4.15. The van der Waals surface area contributed by atoms with Crippen LogP contribution in [-0.4, -0.2) is 28.8 Å². The van der Waals surface area contributed by atoms with Crippen LogP contribution in [0.1, 0.15) is 39.2 Å². The molecular formula is C16H22N2O4. The van der Waals surface area contributed by atoms with E-state index in [1.807, 2.05) is 12.1 Å². The lowest BCUT2D eigenvalue weighted by atomic mass is 9.87. The van der Waals surface area contributed by atoms with Gasteiger partial charge in [-0.05, 0) is 45.2 Å². The molecule has 0 radical (unpaired) electrons. The molecule has 0 aliphatic heterocycles. The van der Waals surface area contributed by atoms with Crippen LogP contribution in [0.3, 0.4) is 0 Å². The number of nitrogens with two attached hydrogens (primary N) is 1. The molecule has 1 aliphatic rings. The molecule has 6 nitrogen and oxygen atoms in total. The molecule has 0 spiro atoms. The van der Waals surface area contributed by atoms with Crippen molar-refractivity contribution in [2.45, 2.75) is 50.7 Å². The highest BCUT2D eigenvalue weighted by molar-refractivity contribution is 5.87. The monoisotopic (exact) mass is 306 g/mol. The van der Waals surface area contributed by atoms with E-state index in [9.17, 15) is 14.7 Å². The highest BCUT2D eigenvalue weighted by Gasteiger charge is 2.53. The van der Waals surface area contributed by atoms with E-state index in [1.165, 1.54) is 0 Å². The van der Waals surface area contributed by atoms with Crippen molar-refractivity contribution in [3.63, 3.8) is 0 Å². The lowest BCUT2D eigenvalue weighted by Crippen LogP contribution is -2.42. The number of carbonyl (C=O) groups excluding carboxylic acids is 1. The number of hydrogen-bond donors (Lipinski definition) is 3. The van der Waals surface area contributed by atoms with E-state index >= 15 is 0 Å². The van der Waals surface area contributed by atoms with E-state index in [0.717, 1.165) is 5.56 Å². The molecule has 0 bridgehead atoms. The number of rotatable bonds is 4. The van der Waals surface area contributed by atoms with Gasteiger partial charge in [0, 0.05) is 11.1 Å². The van der Waals surface area contributed by atoms with Crippen molar-refractivity contribution >= 4 is 17.7 Å². The van der Waals surface area contributed by atoms with Crippen LogP contribution in [0.15, 0.2) is 24.3 Å². The van der Waals surface area contributed by atoms with E-state index in [4.69, 9.17) is 10.5 Å². The molecule has 1 atom stereocenters. The summed E-state index contributed by atoms with van der Waals surface area (Å²) in [5.74, 6) is -1.04. The average Bonchev–Trinajstić information content (AvgIpc) is 3.17. The van der Waals surface area contributed by atoms with Gasteiger partial charge in [0.15, 0.2) is 0 Å². The summed E-state index contributed by atoms with van der Waals surface area (Å²) in [6.45, 7) is 5.34. The fraction of sp³-hybridized carbons (Fsp3) is 0.500. The Morgan fingerprint density at radius 1 is 1.32 bits per heavy atom. The number of anilines is 1. The van der Waals surface area contributed by atoms with Crippen molar-refractivity contribution < 1.29 is 19.4 Å². The predicted octanol–water partition coefficient (Wildman–Crippen LogP) is 2.48. The summed E-state index contributed by atoms with van der Waals surface area (Å²) in [6.07, 6.45) is 0.806. The molecule has 0 aromatic heterocycles. The molecule has 1 saturated carbocycles. The molecule has 120 valence electrons. The SMILES string of the molecule is CC(C)(C)OC(=O)Nc1ccccc1C1(C(N)C(=O)O)CC1. The lowest BCUT2D eigenvalue weighted by molar-refractivity contribution is -0.139. The van der Waals surface area contributed by atoms with E-state index in [-0.39, 0.29) is 0 Å². The Bertz CT molecular complexity index is 588. The number of benzene rings is 1. The molecule has 6 heteroatoms. The van der Waals surface area contributed by atoms with E-state index in [2.05, 4.69) is 5.32 Å². The first-order valence-corrected chi connectivity index (χ1v) is 7.24. The topological polar surface area (TPSA) is 102 Å². The smallest absolute Gasteiger partial charge is 0.412 e. The van der Waals surface area contributed by atoms with E-state index in [0.29, 0.717) is 18.5 Å². The number of amides is 1. The van der Waals surface area contributed by atoms with Gasteiger partial charge in [0.2, 0.25) is 0 Å². The first-order chi connectivity index (χ1) is 10.2. The van der Waals surface area contributed by atoms with Gasteiger partial charge in [-0.3, -0.25) is 10.1 Å². The van der Waals surface area contributed by atoms with Crippen molar-refractivity contribution in [3.05, 3.63) is 29.8 Å². The predicted molar refractivity (Wildman–Crippen MR) is 82.8 cm³/mol. The van der Waals surface area contributed by atoms with Crippen LogP contribution < -0.4 is 11.1 Å². The van der Waals surface area contributed by atoms with Crippen LogP contribution in [0, 0.1) is 0 Å². The number of carbonyl (C=O) groups is 2. The van der Waals surface area contributed by atoms with Gasteiger partial charge in [0.1, 0.15) is 11.6 Å². The maximum Gasteiger partial charge on any atom is 0.412 e. The second-order valence-corrected chi connectivity index (χ2v) is 6.64. The van der Waals surface area contributed by atoms with Crippen molar-refractivity contribution in [1.29, 1.82) is 0 Å². The van der Waals surface area contributed by atoms with Gasteiger partial charge >= 0.3 is 12.1 Å². The van der Waals surface area contributed by atoms with Crippen molar-refractivity contribution in [3.8, 4) is 0 Å². The fourth-order valence-corrected chi connectivity index (χ4v) is 2.56. The summed E-state index contributed by atoms with van der Waals surface area (Å²) in [4.78, 5) is 23.2. The molecule has 1 aromatic carbocycles. The van der Waals surface area contributed by atoms with Gasteiger partial charge in [-0.1, -0.05) is 18.2 Å². The third-order valence-electron chi connectivity index (χ3n) is 3.75. The molecule has 0 saturated heterocycles. The molecule has 22 heavy (non-hydrogen) atoms. The van der Waals surface area contributed by atoms with Crippen molar-refractivity contribution in [2.75, 3.05) is 5.32 Å². The normalized spacial score (nSPS) is 17.5. The third kappa shape index (κ3) is 3.39. The molecule has 1 aromatic rings. The molecule has 4 N–H and O–H groups in total. The van der Waals surface area contributed by atoms with Gasteiger partial charge in [-0.25, -0.2) is 4.79 Å². The Morgan fingerprint density at radius 3 is 2.41 bits per heavy atom. The fourth-order valence-electron chi connectivity index (χ4n) is 2.56. The summed E-state index contributed by atoms with van der Waals surface area (Å²) in [5, 5.41) is 11.9. The Labute approximate surface area is 129 Å². The van der Waals surface area contributed by atoms with Crippen LogP contribution in [-0.2, 0) is 14.9 Å². The van der Waals surface area contributed by atoms with Gasteiger partial charge in [0.25, 0.3) is 0 Å². The lowest BCUT2D eigenvalue weighted by Gasteiger charge is -2.24. The summed E-state index contributed by atoms with van der Waals surface area (Å²) in [5.41, 5.74) is 5.92. The quantitative estimate of drug-likeness (QED) is 0.793. The number of hydrogen-bond acceptors (Lipinski definition) is 4. The van der Waals surface area contributed by atoms with Crippen LogP contribution in [0.2, 0.25) is 0 Å². The number of aliphatic carboxylic acids is 1. The molecule has 1 unspecified atom stereocenters. The van der Waals surface area contributed by atoms with Crippen LogP contribution in [0.4, 0.5) is 10.5 Å². The zero-order valence-corrected chi connectivity index (χ0v) is 13.1. The minimum atomic E-state index is -1.04. The highest BCUT2D eigenvalue weighted by atomic mass is 16.6. The number of carboxylic acid groups (broad SMARTS) is 1. The highest BCUT2D eigenvalue weighted by Crippen LogP contribution is 2.52. The van der Waals surface area contributed by atoms with E-state index < -0.39 is 29.1 Å². The number of nitrogens with one attached hydrogen (secondary N) is 1. The Balaban J connectivity index is 2.25. The van der Waals surface area contributed by atoms with Crippen molar-refractivity contribution in [2.24, 2.45) is 5.73 Å².